The average Bonchev–Trinajstić information content (AvgIpc) is 2.56. The molecule has 2 N–H and O–H groups in total. The Bertz CT molecular complexity index is 856. The topological polar surface area (TPSA) is 120 Å². The van der Waals surface area contributed by atoms with Gasteiger partial charge < -0.3 is 15.4 Å². The lowest BCUT2D eigenvalue weighted by Crippen LogP contribution is -2.20. The molecule has 0 aliphatic carbocycles. The number of nitrogens with one attached hydrogen (secondary N) is 2. The number of methoxy groups -OCH3 is 1. The number of rotatable bonds is 5. The monoisotopic (exact) mass is 362 g/mol. The second kappa shape index (κ2) is 7.53. The van der Waals surface area contributed by atoms with Crippen LogP contribution in [0.2, 0.25) is 0 Å². The summed E-state index contributed by atoms with van der Waals surface area (Å²) in [6, 6.07) is 8.42. The van der Waals surface area contributed by atoms with Crippen LogP contribution in [0.1, 0.15) is 5.56 Å². The number of nitro groups is 2. The van der Waals surface area contributed by atoms with Crippen LogP contribution in [-0.2, 0) is 0 Å². The number of ether oxygens (including phenoxy) is 1. The van der Waals surface area contributed by atoms with E-state index in [1.807, 2.05) is 0 Å². The van der Waals surface area contributed by atoms with Gasteiger partial charge in [-0.05, 0) is 30.8 Å². The van der Waals surface area contributed by atoms with Gasteiger partial charge in [0.15, 0.2) is 5.11 Å². The summed E-state index contributed by atoms with van der Waals surface area (Å²) in [7, 11) is 1.38. The minimum absolute atomic E-state index is 0.0659. The van der Waals surface area contributed by atoms with E-state index >= 15 is 0 Å². The Kier molecular flexibility index (Phi) is 5.45. The fourth-order valence-electron chi connectivity index (χ4n) is 2.03. The zero-order chi connectivity index (χ0) is 18.6. The predicted molar refractivity (Wildman–Crippen MR) is 97.3 cm³/mol. The highest BCUT2D eigenvalue weighted by atomic mass is 32.1. The van der Waals surface area contributed by atoms with Gasteiger partial charge in [0, 0.05) is 23.9 Å². The molecular formula is C15H14N4O5S. The van der Waals surface area contributed by atoms with Crippen molar-refractivity contribution in [1.29, 1.82) is 0 Å². The van der Waals surface area contributed by atoms with E-state index in [1.54, 1.807) is 13.0 Å². The maximum absolute atomic E-state index is 10.9. The van der Waals surface area contributed by atoms with Crippen LogP contribution < -0.4 is 15.4 Å². The van der Waals surface area contributed by atoms with Crippen LogP contribution >= 0.6 is 12.2 Å². The molecule has 2 rings (SSSR count). The van der Waals surface area contributed by atoms with Crippen LogP contribution in [0.5, 0.6) is 5.75 Å². The molecule has 0 radical (unpaired) electrons. The van der Waals surface area contributed by atoms with Gasteiger partial charge in [-0.15, -0.1) is 0 Å². The Hall–Kier alpha value is -3.27. The highest BCUT2D eigenvalue weighted by Crippen LogP contribution is 2.29. The van der Waals surface area contributed by atoms with Crippen LogP contribution in [0.25, 0.3) is 0 Å². The van der Waals surface area contributed by atoms with Gasteiger partial charge in [-0.2, -0.15) is 0 Å². The highest BCUT2D eigenvalue weighted by Gasteiger charge is 2.14. The molecule has 0 unspecified atom stereocenters. The molecule has 10 heteroatoms. The molecule has 2 aromatic carbocycles. The summed E-state index contributed by atoms with van der Waals surface area (Å²) in [6.45, 7) is 1.78. The van der Waals surface area contributed by atoms with Crippen molar-refractivity contribution in [2.75, 3.05) is 17.7 Å². The molecule has 0 fully saturated rings. The summed E-state index contributed by atoms with van der Waals surface area (Å²) in [4.78, 5) is 20.6. The smallest absolute Gasteiger partial charge is 0.273 e. The van der Waals surface area contributed by atoms with E-state index in [4.69, 9.17) is 17.0 Å². The van der Waals surface area contributed by atoms with Crippen molar-refractivity contribution >= 4 is 40.1 Å². The van der Waals surface area contributed by atoms with Crippen molar-refractivity contribution in [3.8, 4) is 5.75 Å². The van der Waals surface area contributed by atoms with Crippen molar-refractivity contribution < 1.29 is 14.6 Å². The van der Waals surface area contributed by atoms with Gasteiger partial charge >= 0.3 is 0 Å². The quantitative estimate of drug-likeness (QED) is 0.470. The number of hydrogen-bond donors (Lipinski definition) is 2. The van der Waals surface area contributed by atoms with Gasteiger partial charge in [-0.3, -0.25) is 20.2 Å². The van der Waals surface area contributed by atoms with Gasteiger partial charge in [0.2, 0.25) is 0 Å². The molecule has 0 saturated carbocycles. The fourth-order valence-corrected chi connectivity index (χ4v) is 2.25. The number of non-ortho nitro benzene ring substituents is 2. The van der Waals surface area contributed by atoms with Crippen molar-refractivity contribution in [2.45, 2.75) is 6.92 Å². The second-order valence-electron chi connectivity index (χ2n) is 4.98. The molecule has 9 nitrogen and oxygen atoms in total. The van der Waals surface area contributed by atoms with E-state index in [0.717, 1.165) is 5.56 Å². The Morgan fingerprint density at radius 3 is 2.16 bits per heavy atom. The molecule has 0 aliphatic heterocycles. The lowest BCUT2D eigenvalue weighted by Gasteiger charge is -2.14. The molecule has 2 aromatic rings. The average molecular weight is 362 g/mol. The number of nitrogens with zero attached hydrogens (tertiary/aromatic N) is 2. The normalized spacial score (nSPS) is 10.0. The third kappa shape index (κ3) is 4.38. The summed E-state index contributed by atoms with van der Waals surface area (Å²) in [6.07, 6.45) is 0. The molecule has 130 valence electrons. The van der Waals surface area contributed by atoms with Crippen LogP contribution in [0, 0.1) is 27.2 Å². The Morgan fingerprint density at radius 2 is 1.56 bits per heavy atom. The van der Waals surface area contributed by atoms with Gasteiger partial charge in [0.25, 0.3) is 11.4 Å². The summed E-state index contributed by atoms with van der Waals surface area (Å²) in [5, 5.41) is 27.6. The summed E-state index contributed by atoms with van der Waals surface area (Å²) >= 11 is 5.20. The number of aryl methyl sites for hydroxylation is 1. The van der Waals surface area contributed by atoms with E-state index in [9.17, 15) is 20.2 Å². The maximum atomic E-state index is 10.9. The molecule has 0 atom stereocenters. The van der Waals surface area contributed by atoms with Gasteiger partial charge in [-0.1, -0.05) is 6.07 Å². The van der Waals surface area contributed by atoms with Gasteiger partial charge in [0.05, 0.1) is 28.7 Å². The number of hydrogen-bond acceptors (Lipinski definition) is 6. The summed E-state index contributed by atoms with van der Waals surface area (Å²) < 4.78 is 5.12. The first-order valence-corrected chi connectivity index (χ1v) is 7.38. The Balaban J connectivity index is 2.19. The maximum Gasteiger partial charge on any atom is 0.273 e. The summed E-state index contributed by atoms with van der Waals surface area (Å²) in [5.41, 5.74) is 1.49. The third-order valence-corrected chi connectivity index (χ3v) is 3.53. The van der Waals surface area contributed by atoms with E-state index in [2.05, 4.69) is 10.6 Å². The zero-order valence-corrected chi connectivity index (χ0v) is 14.1. The Labute approximate surface area is 147 Å². The highest BCUT2D eigenvalue weighted by molar-refractivity contribution is 7.80. The van der Waals surface area contributed by atoms with Crippen LogP contribution in [0.3, 0.4) is 0 Å². The first-order valence-electron chi connectivity index (χ1n) is 6.97. The fraction of sp³-hybridized carbons (Fsp3) is 0.133. The van der Waals surface area contributed by atoms with Crippen molar-refractivity contribution in [3.05, 3.63) is 62.2 Å². The summed E-state index contributed by atoms with van der Waals surface area (Å²) in [5.74, 6) is 0.245. The van der Waals surface area contributed by atoms with Gasteiger partial charge in [-0.25, -0.2) is 0 Å². The van der Waals surface area contributed by atoms with Crippen LogP contribution in [0.15, 0.2) is 36.4 Å². The zero-order valence-electron chi connectivity index (χ0n) is 13.3. The molecule has 25 heavy (non-hydrogen) atoms. The van der Waals surface area contributed by atoms with E-state index in [-0.39, 0.29) is 22.2 Å². The molecular weight excluding hydrogens is 348 g/mol. The number of benzene rings is 2. The number of anilines is 2. The third-order valence-electron chi connectivity index (χ3n) is 3.32. The van der Waals surface area contributed by atoms with Crippen molar-refractivity contribution in [2.24, 2.45) is 0 Å². The largest absolute Gasteiger partial charge is 0.494 e. The standard InChI is InChI=1S/C15H14N4O5S/c1-9-3-4-10(18(20)21)7-13(9)17-15(25)16-12-6-5-11(19(22)23)8-14(12)24-2/h3-8H,1-2H3,(H2,16,17,25). The molecule has 0 aliphatic rings. The molecule has 0 heterocycles. The van der Waals surface area contributed by atoms with E-state index < -0.39 is 9.85 Å². The predicted octanol–water partition coefficient (Wildman–Crippen LogP) is 3.63. The second-order valence-corrected chi connectivity index (χ2v) is 5.39. The molecule has 0 spiro atoms. The van der Waals surface area contributed by atoms with Crippen molar-refractivity contribution in [3.63, 3.8) is 0 Å². The van der Waals surface area contributed by atoms with Crippen LogP contribution in [0.4, 0.5) is 22.7 Å². The van der Waals surface area contributed by atoms with E-state index in [0.29, 0.717) is 11.4 Å². The molecule has 0 amide bonds. The lowest BCUT2D eigenvalue weighted by atomic mass is 10.2. The van der Waals surface area contributed by atoms with E-state index in [1.165, 1.54) is 37.4 Å². The van der Waals surface area contributed by atoms with Crippen molar-refractivity contribution in [1.82, 2.24) is 0 Å². The minimum Gasteiger partial charge on any atom is -0.494 e. The lowest BCUT2D eigenvalue weighted by molar-refractivity contribution is -0.385. The van der Waals surface area contributed by atoms with Gasteiger partial charge in [0.1, 0.15) is 5.75 Å². The number of thiocarbonyl (C=S) groups is 1. The number of nitro benzene ring substituents is 2. The Morgan fingerprint density at radius 1 is 1.00 bits per heavy atom. The minimum atomic E-state index is -0.532. The molecule has 0 saturated heterocycles. The first-order chi connectivity index (χ1) is 11.8. The van der Waals surface area contributed by atoms with Crippen LogP contribution in [-0.4, -0.2) is 22.1 Å². The molecule has 0 aromatic heterocycles. The first kappa shape index (κ1) is 18.1. The molecule has 0 bridgehead atoms. The SMILES string of the molecule is COc1cc([N+](=O)[O-])ccc1NC(=S)Nc1cc([N+](=O)[O-])ccc1C.